The van der Waals surface area contributed by atoms with Crippen molar-refractivity contribution in [3.05, 3.63) is 66.7 Å². The number of carbonyl (C=O) groups is 2. The van der Waals surface area contributed by atoms with Gasteiger partial charge in [0.15, 0.2) is 5.82 Å². The third-order valence-corrected chi connectivity index (χ3v) is 6.25. The highest BCUT2D eigenvalue weighted by Crippen LogP contribution is 2.32. The molecule has 1 aliphatic heterocycles. The van der Waals surface area contributed by atoms with Crippen molar-refractivity contribution in [1.29, 1.82) is 0 Å². The average molecular weight is 483 g/mol. The first-order chi connectivity index (χ1) is 17.5. The van der Waals surface area contributed by atoms with Gasteiger partial charge < -0.3 is 19.2 Å². The molecule has 0 aromatic carbocycles. The van der Waals surface area contributed by atoms with Gasteiger partial charge in [0.05, 0.1) is 48.2 Å². The molecule has 0 saturated carbocycles. The molecule has 5 aromatic rings. The van der Waals surface area contributed by atoms with Gasteiger partial charge in [-0.05, 0) is 19.1 Å². The first-order valence-corrected chi connectivity index (χ1v) is 11.3. The summed E-state index contributed by atoms with van der Waals surface area (Å²) in [5, 5.41) is 4.77. The number of hydrogen-bond acceptors (Lipinski definition) is 8. The predicted octanol–water partition coefficient (Wildman–Crippen LogP) is 1.94. The first-order valence-electron chi connectivity index (χ1n) is 11.3. The van der Waals surface area contributed by atoms with Gasteiger partial charge in [-0.25, -0.2) is 19.6 Å². The molecule has 0 saturated heterocycles. The molecule has 180 valence electrons. The van der Waals surface area contributed by atoms with Crippen LogP contribution in [0.1, 0.15) is 22.0 Å². The molecule has 5 aromatic heterocycles. The highest BCUT2D eigenvalue weighted by atomic mass is 16.5. The molecule has 0 spiro atoms. The minimum absolute atomic E-state index is 0.206. The molecule has 12 heteroatoms. The van der Waals surface area contributed by atoms with Crippen LogP contribution in [0.2, 0.25) is 0 Å². The van der Waals surface area contributed by atoms with Crippen molar-refractivity contribution in [2.24, 2.45) is 0 Å². The number of rotatable bonds is 5. The summed E-state index contributed by atoms with van der Waals surface area (Å²) in [6.45, 7) is 2.90. The predicted molar refractivity (Wildman–Crippen MR) is 128 cm³/mol. The number of aromatic amines is 1. The van der Waals surface area contributed by atoms with Crippen molar-refractivity contribution < 1.29 is 14.3 Å². The number of fused-ring (bicyclic) bond motifs is 2. The van der Waals surface area contributed by atoms with Gasteiger partial charge in [-0.2, -0.15) is 5.10 Å². The van der Waals surface area contributed by atoms with Gasteiger partial charge in [-0.3, -0.25) is 14.6 Å². The summed E-state index contributed by atoms with van der Waals surface area (Å²) in [7, 11) is 1.49. The van der Waals surface area contributed by atoms with Crippen molar-refractivity contribution in [2.75, 3.05) is 13.7 Å². The van der Waals surface area contributed by atoms with Crippen molar-refractivity contribution in [3.63, 3.8) is 0 Å². The number of hydrogen-bond donors (Lipinski definition) is 1. The summed E-state index contributed by atoms with van der Waals surface area (Å²) >= 11 is 0. The Morgan fingerprint density at radius 2 is 2.00 bits per heavy atom. The normalized spacial score (nSPS) is 13.1. The Kier molecular flexibility index (Phi) is 5.06. The molecule has 12 nitrogen and oxygen atoms in total. The Morgan fingerprint density at radius 1 is 1.11 bits per heavy atom. The van der Waals surface area contributed by atoms with Crippen LogP contribution in [0.3, 0.4) is 0 Å². The van der Waals surface area contributed by atoms with E-state index in [9.17, 15) is 9.59 Å². The molecule has 0 fully saturated rings. The second kappa shape index (κ2) is 8.41. The van der Waals surface area contributed by atoms with Gasteiger partial charge in [0.2, 0.25) is 0 Å². The second-order valence-electron chi connectivity index (χ2n) is 8.35. The molecule has 1 aliphatic rings. The number of Topliss-reactive ketones (excluding diaryl/α,β-unsaturated/α-hetero) is 1. The maximum Gasteiger partial charge on any atom is 0.295 e. The zero-order valence-corrected chi connectivity index (χ0v) is 19.5. The van der Waals surface area contributed by atoms with E-state index in [1.165, 1.54) is 35.4 Å². The van der Waals surface area contributed by atoms with Gasteiger partial charge in [-0.1, -0.05) is 0 Å². The number of methoxy groups -OCH3 is 1. The van der Waals surface area contributed by atoms with E-state index in [1.54, 1.807) is 25.5 Å². The van der Waals surface area contributed by atoms with Crippen LogP contribution in [0, 0.1) is 6.92 Å². The number of carbonyl (C=O) groups excluding carboxylic acids is 2. The molecule has 0 bridgehead atoms. The maximum atomic E-state index is 13.4. The first kappa shape index (κ1) is 21.6. The Morgan fingerprint density at radius 3 is 2.75 bits per heavy atom. The van der Waals surface area contributed by atoms with Crippen molar-refractivity contribution >= 4 is 22.6 Å². The highest BCUT2D eigenvalue weighted by molar-refractivity contribution is 6.45. The van der Waals surface area contributed by atoms with Crippen LogP contribution in [0.15, 0.2) is 49.4 Å². The number of nitrogens with one attached hydrogen (secondary N) is 1. The Bertz CT molecular complexity index is 1620. The topological polar surface area (TPSA) is 137 Å². The zero-order chi connectivity index (χ0) is 24.8. The number of pyridine rings is 2. The van der Waals surface area contributed by atoms with Crippen LogP contribution in [-0.4, -0.2) is 69.5 Å². The van der Waals surface area contributed by atoms with E-state index < -0.39 is 11.7 Å². The van der Waals surface area contributed by atoms with E-state index in [-0.39, 0.29) is 12.1 Å². The number of aryl methyl sites for hydroxylation is 1. The molecule has 0 atom stereocenters. The third-order valence-electron chi connectivity index (χ3n) is 6.25. The molecule has 1 amide bonds. The van der Waals surface area contributed by atoms with Crippen LogP contribution in [0.4, 0.5) is 0 Å². The minimum Gasteiger partial charge on any atom is -0.494 e. The number of nitrogens with zero attached hydrogens (tertiary/aromatic N) is 8. The molecule has 1 N–H and O–H groups in total. The summed E-state index contributed by atoms with van der Waals surface area (Å²) in [6, 6.07) is 3.83. The van der Waals surface area contributed by atoms with Gasteiger partial charge in [0.1, 0.15) is 23.7 Å². The molecule has 0 aliphatic carbocycles. The molecule has 0 unspecified atom stereocenters. The highest BCUT2D eigenvalue weighted by Gasteiger charge is 2.31. The summed E-state index contributed by atoms with van der Waals surface area (Å²) in [5.41, 5.74) is 2.61. The van der Waals surface area contributed by atoms with Crippen molar-refractivity contribution in [3.8, 4) is 22.8 Å². The largest absolute Gasteiger partial charge is 0.494 e. The molecule has 0 radical (unpaired) electrons. The number of aromatic nitrogens is 8. The molecule has 36 heavy (non-hydrogen) atoms. The fourth-order valence-corrected chi connectivity index (χ4v) is 4.50. The van der Waals surface area contributed by atoms with Gasteiger partial charge in [0.25, 0.3) is 11.7 Å². The van der Waals surface area contributed by atoms with Gasteiger partial charge in [0, 0.05) is 37.2 Å². The van der Waals surface area contributed by atoms with E-state index in [2.05, 4.69) is 34.6 Å². The Hall–Kier alpha value is -4.87. The van der Waals surface area contributed by atoms with Gasteiger partial charge >= 0.3 is 0 Å². The van der Waals surface area contributed by atoms with Crippen LogP contribution >= 0.6 is 0 Å². The van der Waals surface area contributed by atoms with Gasteiger partial charge in [-0.15, -0.1) is 0 Å². The lowest BCUT2D eigenvalue weighted by Gasteiger charge is -2.28. The summed E-state index contributed by atoms with van der Waals surface area (Å²) in [6.07, 6.45) is 9.81. The number of H-pyrrole nitrogens is 1. The lowest BCUT2D eigenvalue weighted by molar-refractivity contribution is -0.127. The Labute approximate surface area is 204 Å². The van der Waals surface area contributed by atoms with Crippen LogP contribution < -0.4 is 4.74 Å². The van der Waals surface area contributed by atoms with E-state index in [1.807, 2.05) is 12.1 Å². The molecular formula is C24H21N9O3. The minimum atomic E-state index is -0.640. The quantitative estimate of drug-likeness (QED) is 0.296. The zero-order valence-electron chi connectivity index (χ0n) is 19.5. The fraction of sp³-hybridized carbons (Fsp3) is 0.208. The lowest BCUT2D eigenvalue weighted by Crippen LogP contribution is -2.42. The SMILES string of the molecule is COc1cnc(-n2cnc(C)n2)c2[nH]cc(C(=O)C(=O)N3CCn4c(-c5cccnc5)cnc4C3)c12. The Balaban J connectivity index is 1.31. The van der Waals surface area contributed by atoms with E-state index >= 15 is 0 Å². The number of ketones is 1. The number of amides is 1. The van der Waals surface area contributed by atoms with Crippen LogP contribution in [0.5, 0.6) is 5.75 Å². The summed E-state index contributed by atoms with van der Waals surface area (Å²) < 4.78 is 9.03. The molecule has 6 heterocycles. The fourth-order valence-electron chi connectivity index (χ4n) is 4.50. The second-order valence-corrected chi connectivity index (χ2v) is 8.35. The monoisotopic (exact) mass is 483 g/mol. The molecular weight excluding hydrogens is 462 g/mol. The third kappa shape index (κ3) is 3.42. The number of imidazole rings is 1. The molecule has 6 rings (SSSR count). The average Bonchev–Trinajstić information content (AvgIpc) is 3.65. The van der Waals surface area contributed by atoms with E-state index in [4.69, 9.17) is 4.74 Å². The van der Waals surface area contributed by atoms with Crippen LogP contribution in [0.25, 0.3) is 28.0 Å². The lowest BCUT2D eigenvalue weighted by atomic mass is 10.1. The summed E-state index contributed by atoms with van der Waals surface area (Å²) in [5.74, 6) is 0.864. The van der Waals surface area contributed by atoms with Crippen molar-refractivity contribution in [2.45, 2.75) is 20.0 Å². The van der Waals surface area contributed by atoms with E-state index in [0.717, 1.165) is 11.3 Å². The standard InChI is InChI=1S/C24H21N9O3/c1-14-29-13-33(30-14)23-21-20(18(36-2)11-28-23)16(9-27-21)22(34)24(35)31-6-7-32-17(10-26-19(32)12-31)15-4-3-5-25-8-15/h3-5,8-11,13,27H,6-7,12H2,1-2H3. The van der Waals surface area contributed by atoms with Crippen molar-refractivity contribution in [1.82, 2.24) is 44.2 Å². The maximum absolute atomic E-state index is 13.4. The summed E-state index contributed by atoms with van der Waals surface area (Å²) in [4.78, 5) is 48.5. The van der Waals surface area contributed by atoms with Crippen LogP contribution in [-0.2, 0) is 17.9 Å². The number of ether oxygens (including phenoxy) is 1. The van der Waals surface area contributed by atoms with E-state index in [0.29, 0.717) is 47.2 Å². The smallest absolute Gasteiger partial charge is 0.295 e.